The zero-order valence-electron chi connectivity index (χ0n) is 10.6. The van der Waals surface area contributed by atoms with Gasteiger partial charge in [-0.25, -0.2) is 4.79 Å². The molecule has 0 aromatic carbocycles. The molecular formula is C13H15NO4. The first-order chi connectivity index (χ1) is 8.47. The zero-order valence-corrected chi connectivity index (χ0v) is 10.6. The van der Waals surface area contributed by atoms with Gasteiger partial charge in [0.2, 0.25) is 0 Å². The van der Waals surface area contributed by atoms with Crippen molar-refractivity contribution in [2.45, 2.75) is 27.2 Å². The van der Waals surface area contributed by atoms with E-state index in [1.807, 2.05) is 0 Å². The maximum Gasteiger partial charge on any atom is 0.355 e. The lowest BCUT2D eigenvalue weighted by molar-refractivity contribution is -0.135. The molecule has 0 aliphatic carbocycles. The normalized spacial score (nSPS) is 9.50. The number of carbonyl (C=O) groups excluding carboxylic acids is 1. The van der Waals surface area contributed by atoms with Crippen LogP contribution in [-0.2, 0) is 9.53 Å². The molecule has 0 aliphatic heterocycles. The number of hydrogen-bond acceptors (Lipinski definition) is 3. The summed E-state index contributed by atoms with van der Waals surface area (Å²) >= 11 is 0. The van der Waals surface area contributed by atoms with E-state index in [9.17, 15) is 9.59 Å². The molecule has 5 nitrogen and oxygen atoms in total. The molecule has 0 radical (unpaired) electrons. The van der Waals surface area contributed by atoms with Gasteiger partial charge < -0.3 is 14.8 Å². The summed E-state index contributed by atoms with van der Waals surface area (Å²) in [4.78, 5) is 24.9. The van der Waals surface area contributed by atoms with Crippen molar-refractivity contribution < 1.29 is 19.4 Å². The fraction of sp³-hybridized carbons (Fsp3) is 0.385. The van der Waals surface area contributed by atoms with Crippen molar-refractivity contribution in [1.82, 2.24) is 4.98 Å². The molecule has 0 unspecified atom stereocenters. The van der Waals surface area contributed by atoms with Gasteiger partial charge >= 0.3 is 11.9 Å². The Morgan fingerprint density at radius 1 is 1.39 bits per heavy atom. The standard InChI is InChI=1S/C13H15NO4/c1-4-18-13(17)12-8(2)10(9(3)14-12)6-5-7-11(15)16/h14H,4,7H2,1-3H3,(H,15,16). The number of aliphatic carboxylic acids is 1. The van der Waals surface area contributed by atoms with Crippen molar-refractivity contribution in [3.63, 3.8) is 0 Å². The highest BCUT2D eigenvalue weighted by molar-refractivity contribution is 5.90. The molecule has 0 saturated heterocycles. The van der Waals surface area contributed by atoms with Crippen LogP contribution in [0, 0.1) is 25.7 Å². The minimum absolute atomic E-state index is 0.223. The van der Waals surface area contributed by atoms with Crippen LogP contribution in [0.2, 0.25) is 0 Å². The van der Waals surface area contributed by atoms with Crippen LogP contribution in [0.1, 0.15) is 40.7 Å². The zero-order chi connectivity index (χ0) is 13.7. The van der Waals surface area contributed by atoms with Gasteiger partial charge in [0.25, 0.3) is 0 Å². The van der Waals surface area contributed by atoms with Gasteiger partial charge in [-0.05, 0) is 26.3 Å². The van der Waals surface area contributed by atoms with Crippen LogP contribution in [0.3, 0.4) is 0 Å². The number of aryl methyl sites for hydroxylation is 1. The molecule has 0 amide bonds. The number of carboxylic acid groups (broad SMARTS) is 1. The maximum atomic E-state index is 11.6. The molecule has 5 heteroatoms. The third-order valence-corrected chi connectivity index (χ3v) is 2.37. The smallest absolute Gasteiger partial charge is 0.355 e. The average molecular weight is 249 g/mol. The van der Waals surface area contributed by atoms with Gasteiger partial charge in [-0.2, -0.15) is 0 Å². The van der Waals surface area contributed by atoms with Crippen molar-refractivity contribution in [2.24, 2.45) is 0 Å². The van der Waals surface area contributed by atoms with E-state index >= 15 is 0 Å². The van der Waals surface area contributed by atoms with Gasteiger partial charge in [0.1, 0.15) is 12.1 Å². The molecule has 96 valence electrons. The number of carbonyl (C=O) groups is 2. The predicted molar refractivity (Wildman–Crippen MR) is 65.4 cm³/mol. The third-order valence-electron chi connectivity index (χ3n) is 2.37. The van der Waals surface area contributed by atoms with Crippen LogP contribution in [0.4, 0.5) is 0 Å². The summed E-state index contributed by atoms with van der Waals surface area (Å²) in [6.45, 7) is 5.56. The van der Waals surface area contributed by atoms with Gasteiger partial charge in [-0.1, -0.05) is 11.8 Å². The number of hydrogen-bond donors (Lipinski definition) is 2. The molecule has 1 rings (SSSR count). The molecule has 1 heterocycles. The Morgan fingerprint density at radius 2 is 2.06 bits per heavy atom. The van der Waals surface area contributed by atoms with Gasteiger partial charge in [-0.3, -0.25) is 4.79 Å². The summed E-state index contributed by atoms with van der Waals surface area (Å²) < 4.78 is 4.91. The first-order valence-corrected chi connectivity index (χ1v) is 5.54. The molecule has 0 spiro atoms. The molecular weight excluding hydrogens is 234 g/mol. The second-order valence-corrected chi connectivity index (χ2v) is 3.72. The monoisotopic (exact) mass is 249 g/mol. The number of rotatable bonds is 3. The van der Waals surface area contributed by atoms with Crippen LogP contribution in [-0.4, -0.2) is 28.6 Å². The van der Waals surface area contributed by atoms with Crippen molar-refractivity contribution >= 4 is 11.9 Å². The van der Waals surface area contributed by atoms with E-state index in [-0.39, 0.29) is 6.42 Å². The predicted octanol–water partition coefficient (Wildman–Crippen LogP) is 1.63. The summed E-state index contributed by atoms with van der Waals surface area (Å²) in [5.41, 5.74) is 2.44. The van der Waals surface area contributed by atoms with Crippen molar-refractivity contribution in [3.8, 4) is 11.8 Å². The van der Waals surface area contributed by atoms with E-state index in [1.165, 1.54) is 0 Å². The van der Waals surface area contributed by atoms with Crippen LogP contribution < -0.4 is 0 Å². The van der Waals surface area contributed by atoms with Crippen molar-refractivity contribution in [2.75, 3.05) is 6.61 Å². The molecule has 0 aliphatic rings. The van der Waals surface area contributed by atoms with E-state index in [0.29, 0.717) is 23.4 Å². The van der Waals surface area contributed by atoms with Crippen molar-refractivity contribution in [1.29, 1.82) is 0 Å². The first-order valence-electron chi connectivity index (χ1n) is 5.54. The van der Waals surface area contributed by atoms with Gasteiger partial charge in [0, 0.05) is 11.3 Å². The Bertz CT molecular complexity index is 531. The number of aromatic nitrogens is 1. The quantitative estimate of drug-likeness (QED) is 0.630. The van der Waals surface area contributed by atoms with Crippen molar-refractivity contribution in [3.05, 3.63) is 22.5 Å². The fourth-order valence-corrected chi connectivity index (χ4v) is 1.55. The molecule has 0 atom stereocenters. The SMILES string of the molecule is CCOC(=O)c1[nH]c(C)c(C#CCC(=O)O)c1C. The van der Waals surface area contributed by atoms with E-state index in [0.717, 1.165) is 5.69 Å². The Kier molecular flexibility index (Phi) is 4.55. The summed E-state index contributed by atoms with van der Waals surface area (Å²) in [6, 6.07) is 0. The summed E-state index contributed by atoms with van der Waals surface area (Å²) in [5.74, 6) is 3.91. The second kappa shape index (κ2) is 5.92. The minimum Gasteiger partial charge on any atom is -0.481 e. The van der Waals surface area contributed by atoms with Crippen LogP contribution >= 0.6 is 0 Å². The van der Waals surface area contributed by atoms with Crippen LogP contribution in [0.5, 0.6) is 0 Å². The average Bonchev–Trinajstić information content (AvgIpc) is 2.56. The minimum atomic E-state index is -0.973. The number of ether oxygens (including phenoxy) is 1. The Labute approximate surface area is 105 Å². The molecule has 0 fully saturated rings. The molecule has 18 heavy (non-hydrogen) atoms. The Balaban J connectivity index is 3.03. The lowest BCUT2D eigenvalue weighted by Crippen LogP contribution is -2.06. The van der Waals surface area contributed by atoms with E-state index < -0.39 is 11.9 Å². The lowest BCUT2D eigenvalue weighted by atomic mass is 10.1. The van der Waals surface area contributed by atoms with Gasteiger partial charge in [-0.15, -0.1) is 0 Å². The molecule has 1 aromatic heterocycles. The second-order valence-electron chi connectivity index (χ2n) is 3.72. The number of carboxylic acids is 1. The summed E-state index contributed by atoms with van der Waals surface area (Å²) in [5, 5.41) is 8.51. The van der Waals surface area contributed by atoms with E-state index in [1.54, 1.807) is 20.8 Å². The highest BCUT2D eigenvalue weighted by Gasteiger charge is 2.16. The number of aromatic amines is 1. The summed E-state index contributed by atoms with van der Waals surface area (Å²) in [7, 11) is 0. The Hall–Kier alpha value is -2.22. The van der Waals surface area contributed by atoms with Gasteiger partial charge in [0.05, 0.1) is 6.61 Å². The van der Waals surface area contributed by atoms with Gasteiger partial charge in [0.15, 0.2) is 0 Å². The number of nitrogens with one attached hydrogen (secondary N) is 1. The highest BCUT2D eigenvalue weighted by atomic mass is 16.5. The molecule has 1 aromatic rings. The topological polar surface area (TPSA) is 79.4 Å². The highest BCUT2D eigenvalue weighted by Crippen LogP contribution is 2.17. The van der Waals surface area contributed by atoms with E-state index in [4.69, 9.17) is 9.84 Å². The largest absolute Gasteiger partial charge is 0.481 e. The number of H-pyrrole nitrogens is 1. The third kappa shape index (κ3) is 3.14. The first kappa shape index (κ1) is 13.8. The Morgan fingerprint density at radius 3 is 2.61 bits per heavy atom. The van der Waals surface area contributed by atoms with E-state index in [2.05, 4.69) is 16.8 Å². The number of esters is 1. The summed E-state index contributed by atoms with van der Waals surface area (Å²) in [6.07, 6.45) is -0.223. The van der Waals surface area contributed by atoms with Crippen LogP contribution in [0.15, 0.2) is 0 Å². The maximum absolute atomic E-state index is 11.6. The van der Waals surface area contributed by atoms with Crippen LogP contribution in [0.25, 0.3) is 0 Å². The molecule has 2 N–H and O–H groups in total. The molecule has 0 saturated carbocycles. The lowest BCUT2D eigenvalue weighted by Gasteiger charge is -1.99. The fourth-order valence-electron chi connectivity index (χ4n) is 1.55. The molecule has 0 bridgehead atoms.